The Morgan fingerprint density at radius 2 is 1.77 bits per heavy atom. The minimum absolute atomic E-state index is 0.00901. The van der Waals surface area contributed by atoms with E-state index < -0.39 is 11.9 Å². The summed E-state index contributed by atoms with van der Waals surface area (Å²) in [6, 6.07) is 12.7. The molecule has 0 atom stereocenters. The van der Waals surface area contributed by atoms with Crippen LogP contribution in [0.2, 0.25) is 5.02 Å². The van der Waals surface area contributed by atoms with E-state index in [1.54, 1.807) is 37.4 Å². The first-order valence-electron chi connectivity index (χ1n) is 12.9. The van der Waals surface area contributed by atoms with Crippen LogP contribution in [0.15, 0.2) is 48.5 Å². The summed E-state index contributed by atoms with van der Waals surface area (Å²) in [5.41, 5.74) is 0.372. The van der Waals surface area contributed by atoms with Crippen LogP contribution in [0.25, 0.3) is 10.9 Å². The van der Waals surface area contributed by atoms with Gasteiger partial charge in [0.05, 0.1) is 12.1 Å². The number of benzene rings is 2. The van der Waals surface area contributed by atoms with E-state index in [0.717, 1.165) is 31.7 Å². The van der Waals surface area contributed by atoms with Gasteiger partial charge in [-0.2, -0.15) is 13.2 Å². The number of anilines is 1. The molecule has 0 saturated heterocycles. The van der Waals surface area contributed by atoms with E-state index in [0.29, 0.717) is 46.9 Å². The molecule has 1 heterocycles. The van der Waals surface area contributed by atoms with Gasteiger partial charge < -0.3 is 15.0 Å². The molecule has 2 aromatic carbocycles. The van der Waals surface area contributed by atoms with Crippen molar-refractivity contribution in [3.63, 3.8) is 0 Å². The summed E-state index contributed by atoms with van der Waals surface area (Å²) < 4.78 is 46.2. The third-order valence-electron chi connectivity index (χ3n) is 7.11. The summed E-state index contributed by atoms with van der Waals surface area (Å²) in [5, 5.41) is 4.08. The van der Waals surface area contributed by atoms with Gasteiger partial charge in [-0.05, 0) is 87.6 Å². The molecule has 208 valence electrons. The Morgan fingerprint density at radius 3 is 2.41 bits per heavy atom. The molecule has 1 fully saturated rings. The van der Waals surface area contributed by atoms with Crippen molar-refractivity contribution in [2.75, 3.05) is 18.6 Å². The molecule has 3 aromatic rings. The molecular weight excluding hydrogens is 531 g/mol. The number of carbonyl (C=O) groups is 2. The fraction of sp³-hybridized carbons (Fsp3) is 0.414. The van der Waals surface area contributed by atoms with E-state index in [9.17, 15) is 22.8 Å². The summed E-state index contributed by atoms with van der Waals surface area (Å²) in [4.78, 5) is 29.5. The van der Waals surface area contributed by atoms with Crippen molar-refractivity contribution in [1.29, 1.82) is 0 Å². The topological polar surface area (TPSA) is 71.5 Å². The van der Waals surface area contributed by atoms with Crippen molar-refractivity contribution in [2.24, 2.45) is 0 Å². The van der Waals surface area contributed by atoms with Gasteiger partial charge in [0.2, 0.25) is 5.91 Å². The Balaban J connectivity index is 1.27. The number of Topliss-reactive ketones (excluding diaryl/α,β-unsaturated/α-hetero) is 1. The van der Waals surface area contributed by atoms with Crippen molar-refractivity contribution >= 4 is 39.9 Å². The summed E-state index contributed by atoms with van der Waals surface area (Å²) in [7, 11) is 1.80. The molecule has 1 aliphatic carbocycles. The van der Waals surface area contributed by atoms with E-state index in [1.165, 1.54) is 19.1 Å². The number of pyridine rings is 1. The average molecular weight is 562 g/mol. The minimum Gasteiger partial charge on any atom is -0.494 e. The van der Waals surface area contributed by atoms with Crippen LogP contribution in [0.1, 0.15) is 61.5 Å². The lowest BCUT2D eigenvalue weighted by atomic mass is 9.89. The molecule has 39 heavy (non-hydrogen) atoms. The quantitative estimate of drug-likeness (QED) is 0.229. The Morgan fingerprint density at radius 1 is 1.08 bits per heavy atom. The van der Waals surface area contributed by atoms with Crippen LogP contribution < -0.4 is 15.0 Å². The first-order chi connectivity index (χ1) is 18.5. The molecule has 10 heteroatoms. The van der Waals surface area contributed by atoms with Gasteiger partial charge >= 0.3 is 6.18 Å². The van der Waals surface area contributed by atoms with Gasteiger partial charge in [0.25, 0.3) is 0 Å². The van der Waals surface area contributed by atoms with Crippen LogP contribution in [0.3, 0.4) is 0 Å². The fourth-order valence-electron chi connectivity index (χ4n) is 4.93. The fourth-order valence-corrected chi connectivity index (χ4v) is 5.10. The van der Waals surface area contributed by atoms with Crippen LogP contribution in [0.4, 0.5) is 18.9 Å². The van der Waals surface area contributed by atoms with Crippen LogP contribution >= 0.6 is 11.6 Å². The second kappa shape index (κ2) is 12.2. The van der Waals surface area contributed by atoms with Crippen molar-refractivity contribution in [3.05, 3.63) is 64.8 Å². The molecule has 1 amide bonds. The summed E-state index contributed by atoms with van der Waals surface area (Å²) in [6.45, 7) is 1.89. The Hall–Kier alpha value is -3.33. The zero-order valence-corrected chi connectivity index (χ0v) is 22.6. The molecule has 1 saturated carbocycles. The van der Waals surface area contributed by atoms with E-state index in [2.05, 4.69) is 10.3 Å². The van der Waals surface area contributed by atoms with Crippen LogP contribution in [0.5, 0.6) is 5.75 Å². The number of ketones is 1. The lowest BCUT2D eigenvalue weighted by molar-refractivity contribution is -0.140. The number of ether oxygens (including phenoxy) is 1. The smallest absolute Gasteiger partial charge is 0.433 e. The standard InChI is InChI=1S/C29H31ClF3N3O3/c1-18(37)19-5-12-23(13-6-19)39-15-3-4-28(38)34-21-8-10-22(11-9-21)36(2)26-17-27(29(31,32)33)35-25-14-7-20(30)16-24(25)26/h5-7,12-14,16-17,21-22H,3-4,8-11,15H2,1-2H3,(H,34,38)/t21-,22+. The van der Waals surface area contributed by atoms with E-state index >= 15 is 0 Å². The number of fused-ring (bicyclic) bond motifs is 1. The second-order valence-corrected chi connectivity index (χ2v) is 10.3. The number of carbonyl (C=O) groups excluding carboxylic acids is 2. The number of halogens is 4. The van der Waals surface area contributed by atoms with Gasteiger partial charge in [-0.3, -0.25) is 9.59 Å². The maximum atomic E-state index is 13.5. The highest BCUT2D eigenvalue weighted by Gasteiger charge is 2.34. The van der Waals surface area contributed by atoms with Gasteiger partial charge in [0.15, 0.2) is 5.78 Å². The molecule has 0 unspecified atom stereocenters. The lowest BCUT2D eigenvalue weighted by Gasteiger charge is -2.37. The van der Waals surface area contributed by atoms with E-state index in [-0.39, 0.29) is 29.3 Å². The van der Waals surface area contributed by atoms with Crippen LogP contribution in [-0.2, 0) is 11.0 Å². The highest BCUT2D eigenvalue weighted by atomic mass is 35.5. The molecule has 1 N–H and O–H groups in total. The first-order valence-corrected chi connectivity index (χ1v) is 13.3. The Bertz CT molecular complexity index is 1320. The summed E-state index contributed by atoms with van der Waals surface area (Å²) >= 11 is 6.14. The Labute approximate surface area is 230 Å². The monoisotopic (exact) mass is 561 g/mol. The average Bonchev–Trinajstić information content (AvgIpc) is 2.90. The molecular formula is C29H31ClF3N3O3. The predicted octanol–water partition coefficient (Wildman–Crippen LogP) is 6.83. The highest BCUT2D eigenvalue weighted by Crippen LogP contribution is 2.37. The first kappa shape index (κ1) is 28.7. The van der Waals surface area contributed by atoms with Crippen LogP contribution in [-0.4, -0.2) is 42.4 Å². The number of rotatable bonds is 9. The molecule has 1 aromatic heterocycles. The largest absolute Gasteiger partial charge is 0.494 e. The SMILES string of the molecule is CC(=O)c1ccc(OCCCC(=O)N[C@H]2CC[C@@H](N(C)c3cc(C(F)(F)F)nc4ccc(Cl)cc34)CC2)cc1. The summed E-state index contributed by atoms with van der Waals surface area (Å²) in [5.74, 6) is 0.589. The van der Waals surface area contributed by atoms with Crippen molar-refractivity contribution in [3.8, 4) is 5.75 Å². The number of amides is 1. The molecule has 0 spiro atoms. The number of aromatic nitrogens is 1. The maximum absolute atomic E-state index is 13.5. The molecule has 6 nitrogen and oxygen atoms in total. The van der Waals surface area contributed by atoms with Crippen molar-refractivity contribution in [1.82, 2.24) is 10.3 Å². The van der Waals surface area contributed by atoms with Gasteiger partial charge in [0.1, 0.15) is 11.4 Å². The van der Waals surface area contributed by atoms with Gasteiger partial charge in [0, 0.05) is 47.2 Å². The maximum Gasteiger partial charge on any atom is 0.433 e. The normalized spacial score (nSPS) is 17.6. The van der Waals surface area contributed by atoms with Crippen LogP contribution in [0, 0.1) is 0 Å². The molecule has 0 radical (unpaired) electrons. The zero-order chi connectivity index (χ0) is 28.2. The van der Waals surface area contributed by atoms with Gasteiger partial charge in [-0.25, -0.2) is 4.98 Å². The molecule has 0 bridgehead atoms. The number of alkyl halides is 3. The Kier molecular flexibility index (Phi) is 9.00. The van der Waals surface area contributed by atoms with Crippen molar-refractivity contribution < 1.29 is 27.5 Å². The van der Waals surface area contributed by atoms with E-state index in [1.807, 2.05) is 4.90 Å². The number of nitrogens with zero attached hydrogens (tertiary/aromatic N) is 2. The minimum atomic E-state index is -4.56. The van der Waals surface area contributed by atoms with Crippen molar-refractivity contribution in [2.45, 2.75) is 63.7 Å². The van der Waals surface area contributed by atoms with Gasteiger partial charge in [-0.15, -0.1) is 0 Å². The number of hydrogen-bond acceptors (Lipinski definition) is 5. The zero-order valence-electron chi connectivity index (χ0n) is 21.9. The summed E-state index contributed by atoms with van der Waals surface area (Å²) in [6.07, 6.45) is -0.756. The molecule has 1 aliphatic rings. The second-order valence-electron chi connectivity index (χ2n) is 9.90. The number of nitrogens with one attached hydrogen (secondary N) is 1. The third-order valence-corrected chi connectivity index (χ3v) is 7.34. The molecule has 0 aliphatic heterocycles. The number of hydrogen-bond donors (Lipinski definition) is 1. The highest BCUT2D eigenvalue weighted by molar-refractivity contribution is 6.31. The van der Waals surface area contributed by atoms with Gasteiger partial charge in [-0.1, -0.05) is 11.6 Å². The lowest BCUT2D eigenvalue weighted by Crippen LogP contribution is -2.43. The molecule has 4 rings (SSSR count). The third kappa shape index (κ3) is 7.41. The van der Waals surface area contributed by atoms with E-state index in [4.69, 9.17) is 16.3 Å². The predicted molar refractivity (Wildman–Crippen MR) is 146 cm³/mol.